The molecule has 4 heteroatoms. The lowest BCUT2D eigenvalue weighted by molar-refractivity contribution is -0.139. The average Bonchev–Trinajstić information content (AvgIpc) is 2.62. The van der Waals surface area contributed by atoms with Crippen LogP contribution in [0.5, 0.6) is 0 Å². The van der Waals surface area contributed by atoms with E-state index >= 15 is 0 Å². The molecule has 2 aromatic carbocycles. The third-order valence-electron chi connectivity index (χ3n) is 3.39. The molecule has 0 bridgehead atoms. The Balaban J connectivity index is 1.76. The van der Waals surface area contributed by atoms with E-state index in [1.807, 2.05) is 36.0 Å². The third kappa shape index (κ3) is 6.71. The summed E-state index contributed by atoms with van der Waals surface area (Å²) in [7, 11) is 1.47. The van der Waals surface area contributed by atoms with Crippen molar-refractivity contribution in [2.75, 3.05) is 12.9 Å². The van der Waals surface area contributed by atoms with Gasteiger partial charge in [0.2, 0.25) is 0 Å². The van der Waals surface area contributed by atoms with Crippen molar-refractivity contribution in [3.8, 4) is 0 Å². The predicted octanol–water partition coefficient (Wildman–Crippen LogP) is 4.78. The Bertz CT molecular complexity index is 572. The van der Waals surface area contributed by atoms with Crippen LogP contribution in [0.4, 0.5) is 0 Å². The van der Waals surface area contributed by atoms with Gasteiger partial charge in [-0.05, 0) is 23.3 Å². The molecule has 0 spiro atoms. The molecule has 1 unspecified atom stereocenters. The van der Waals surface area contributed by atoms with Gasteiger partial charge in [0.25, 0.3) is 0 Å². The third-order valence-corrected chi connectivity index (χ3v) is 5.79. The molecule has 0 fully saturated rings. The standard InChI is InChI=1S/C19H22O2S2/c1-21-19(20)18(23-15-17-10-6-3-7-11-17)12-13-22-14-16-8-4-2-5-9-16/h2-11,18H,12-15H2,1H3. The Kier molecular flexibility index (Phi) is 8.12. The fourth-order valence-electron chi connectivity index (χ4n) is 2.13. The quantitative estimate of drug-likeness (QED) is 0.482. The van der Waals surface area contributed by atoms with Crippen molar-refractivity contribution in [1.82, 2.24) is 0 Å². The molecule has 0 saturated heterocycles. The molecule has 0 heterocycles. The van der Waals surface area contributed by atoms with Crippen LogP contribution in [-0.4, -0.2) is 24.1 Å². The maximum Gasteiger partial charge on any atom is 0.318 e. The van der Waals surface area contributed by atoms with Crippen LogP contribution in [0, 0.1) is 0 Å². The molecule has 1 atom stereocenters. The van der Waals surface area contributed by atoms with Crippen LogP contribution in [0.2, 0.25) is 0 Å². The second-order valence-corrected chi connectivity index (χ2v) is 7.43. The molecule has 0 aliphatic rings. The molecule has 0 aliphatic heterocycles. The Morgan fingerprint density at radius 2 is 1.52 bits per heavy atom. The van der Waals surface area contributed by atoms with E-state index < -0.39 is 0 Å². The number of esters is 1. The van der Waals surface area contributed by atoms with Crippen LogP contribution in [0.15, 0.2) is 60.7 Å². The minimum absolute atomic E-state index is 0.0940. The zero-order chi connectivity index (χ0) is 16.3. The zero-order valence-electron chi connectivity index (χ0n) is 13.3. The molecule has 23 heavy (non-hydrogen) atoms. The van der Waals surface area contributed by atoms with E-state index in [1.54, 1.807) is 11.8 Å². The summed E-state index contributed by atoms with van der Waals surface area (Å²) < 4.78 is 4.95. The topological polar surface area (TPSA) is 26.3 Å². The summed E-state index contributed by atoms with van der Waals surface area (Å²) in [6.07, 6.45) is 0.835. The van der Waals surface area contributed by atoms with Gasteiger partial charge in [0.15, 0.2) is 0 Å². The van der Waals surface area contributed by atoms with Crippen LogP contribution in [0.25, 0.3) is 0 Å². The Morgan fingerprint density at radius 1 is 0.957 bits per heavy atom. The van der Waals surface area contributed by atoms with Crippen LogP contribution >= 0.6 is 23.5 Å². The van der Waals surface area contributed by atoms with E-state index in [9.17, 15) is 4.79 Å². The summed E-state index contributed by atoms with van der Waals surface area (Å²) in [5, 5.41) is -0.0940. The van der Waals surface area contributed by atoms with Gasteiger partial charge < -0.3 is 4.74 Å². The SMILES string of the molecule is COC(=O)C(CCSCc1ccccc1)SCc1ccccc1. The average molecular weight is 347 g/mol. The smallest absolute Gasteiger partial charge is 0.318 e. The van der Waals surface area contributed by atoms with E-state index in [1.165, 1.54) is 18.2 Å². The zero-order valence-corrected chi connectivity index (χ0v) is 14.9. The number of methoxy groups -OCH3 is 1. The molecule has 0 amide bonds. The van der Waals surface area contributed by atoms with E-state index in [4.69, 9.17) is 4.74 Å². The van der Waals surface area contributed by atoms with Crippen LogP contribution in [0.1, 0.15) is 17.5 Å². The number of ether oxygens (including phenoxy) is 1. The number of thioether (sulfide) groups is 2. The summed E-state index contributed by atoms with van der Waals surface area (Å²) in [4.78, 5) is 11.9. The maximum atomic E-state index is 11.9. The molecular weight excluding hydrogens is 324 g/mol. The van der Waals surface area contributed by atoms with Crippen molar-refractivity contribution in [2.24, 2.45) is 0 Å². The fraction of sp³-hybridized carbons (Fsp3) is 0.316. The molecule has 2 rings (SSSR count). The minimum Gasteiger partial charge on any atom is -0.468 e. The lowest BCUT2D eigenvalue weighted by Crippen LogP contribution is -2.20. The van der Waals surface area contributed by atoms with Crippen molar-refractivity contribution in [2.45, 2.75) is 23.2 Å². The van der Waals surface area contributed by atoms with E-state index in [0.29, 0.717) is 0 Å². The summed E-state index contributed by atoms with van der Waals surface area (Å²) in [6, 6.07) is 20.7. The van der Waals surface area contributed by atoms with E-state index in [0.717, 1.165) is 23.7 Å². The lowest BCUT2D eigenvalue weighted by atomic mass is 10.2. The lowest BCUT2D eigenvalue weighted by Gasteiger charge is -2.14. The molecule has 122 valence electrons. The minimum atomic E-state index is -0.119. The highest BCUT2D eigenvalue weighted by Crippen LogP contribution is 2.24. The van der Waals surface area contributed by atoms with E-state index in [2.05, 4.69) is 36.4 Å². The molecule has 0 aliphatic carbocycles. The predicted molar refractivity (Wildman–Crippen MR) is 101 cm³/mol. The number of carbonyl (C=O) groups is 1. The van der Waals surface area contributed by atoms with Gasteiger partial charge in [-0.25, -0.2) is 0 Å². The highest BCUT2D eigenvalue weighted by Gasteiger charge is 2.19. The summed E-state index contributed by atoms with van der Waals surface area (Å²) >= 11 is 3.53. The van der Waals surface area contributed by atoms with Crippen LogP contribution < -0.4 is 0 Å². The number of hydrogen-bond donors (Lipinski definition) is 0. The van der Waals surface area contributed by atoms with Gasteiger partial charge >= 0.3 is 5.97 Å². The molecule has 2 nitrogen and oxygen atoms in total. The molecule has 0 saturated carbocycles. The van der Waals surface area contributed by atoms with Gasteiger partial charge in [-0.15, -0.1) is 11.8 Å². The van der Waals surface area contributed by atoms with E-state index in [-0.39, 0.29) is 11.2 Å². The van der Waals surface area contributed by atoms with Crippen molar-refractivity contribution in [3.63, 3.8) is 0 Å². The van der Waals surface area contributed by atoms with Crippen molar-refractivity contribution in [1.29, 1.82) is 0 Å². The fourth-order valence-corrected chi connectivity index (χ4v) is 4.35. The monoisotopic (exact) mass is 346 g/mol. The second-order valence-electron chi connectivity index (χ2n) is 5.14. The maximum absolute atomic E-state index is 11.9. The van der Waals surface area contributed by atoms with Gasteiger partial charge in [0, 0.05) is 11.5 Å². The van der Waals surface area contributed by atoms with Gasteiger partial charge in [-0.2, -0.15) is 11.8 Å². The molecule has 2 aromatic rings. The van der Waals surface area contributed by atoms with Crippen LogP contribution in [0.3, 0.4) is 0 Å². The Hall–Kier alpha value is -1.39. The van der Waals surface area contributed by atoms with Gasteiger partial charge in [-0.1, -0.05) is 60.7 Å². The summed E-state index contributed by atoms with van der Waals surface area (Å²) in [5.74, 6) is 2.66. The Morgan fingerprint density at radius 3 is 2.09 bits per heavy atom. The highest BCUT2D eigenvalue weighted by atomic mass is 32.2. The first-order chi connectivity index (χ1) is 11.3. The largest absolute Gasteiger partial charge is 0.468 e. The first kappa shape index (κ1) is 18.0. The number of benzene rings is 2. The summed E-state index contributed by atoms with van der Waals surface area (Å²) in [6.45, 7) is 0. The first-order valence-electron chi connectivity index (χ1n) is 7.64. The van der Waals surface area contributed by atoms with Gasteiger partial charge in [0.05, 0.1) is 7.11 Å². The Labute approximate surface area is 147 Å². The van der Waals surface area contributed by atoms with Crippen LogP contribution in [-0.2, 0) is 21.0 Å². The molecule has 0 radical (unpaired) electrons. The van der Waals surface area contributed by atoms with Gasteiger partial charge in [0.1, 0.15) is 5.25 Å². The van der Waals surface area contributed by atoms with Crippen molar-refractivity contribution in [3.05, 3.63) is 71.8 Å². The number of hydrogen-bond acceptors (Lipinski definition) is 4. The number of carbonyl (C=O) groups excluding carboxylic acids is 1. The normalized spacial score (nSPS) is 11.9. The molecule has 0 N–H and O–H groups in total. The second kappa shape index (κ2) is 10.4. The molecule has 0 aromatic heterocycles. The van der Waals surface area contributed by atoms with Crippen molar-refractivity contribution >= 4 is 29.5 Å². The highest BCUT2D eigenvalue weighted by molar-refractivity contribution is 8.00. The number of rotatable bonds is 9. The van der Waals surface area contributed by atoms with Crippen molar-refractivity contribution < 1.29 is 9.53 Å². The molecular formula is C19H22O2S2. The first-order valence-corrected chi connectivity index (χ1v) is 9.85. The van der Waals surface area contributed by atoms with Gasteiger partial charge in [-0.3, -0.25) is 4.79 Å². The summed E-state index contributed by atoms with van der Waals surface area (Å²) in [5.41, 5.74) is 2.56.